The summed E-state index contributed by atoms with van der Waals surface area (Å²) in [5.41, 5.74) is 0.572. The summed E-state index contributed by atoms with van der Waals surface area (Å²) in [6.45, 7) is 13.8. The number of hydrogen-bond acceptors (Lipinski definition) is 14. The third-order valence-corrected chi connectivity index (χ3v) is 14.3. The van der Waals surface area contributed by atoms with Crippen molar-refractivity contribution in [3.05, 3.63) is 29.8 Å². The highest BCUT2D eigenvalue weighted by Gasteiger charge is 2.43. The van der Waals surface area contributed by atoms with Crippen LogP contribution in [-0.2, 0) is 54.7 Å². The number of aliphatic hydroxyl groups is 1. The Morgan fingerprint density at radius 2 is 1.50 bits per heavy atom. The monoisotopic (exact) mass is 1010 g/mol. The molecule has 4 amide bonds. The average Bonchev–Trinajstić information content (AvgIpc) is 3.77. The van der Waals surface area contributed by atoms with Gasteiger partial charge in [-0.1, -0.05) is 73.4 Å². The number of ether oxygens (including phenoxy) is 3. The summed E-state index contributed by atoms with van der Waals surface area (Å²) in [5.74, 6) is -4.29. The molecule has 9 atom stereocenters. The lowest BCUT2D eigenvalue weighted by atomic mass is 9.83. The fraction of sp³-hybridized carbons (Fsp3) is 0.745. The third kappa shape index (κ3) is 19.4. The van der Waals surface area contributed by atoms with Gasteiger partial charge in [0, 0.05) is 71.4 Å². The number of likely N-dealkylation sites (tertiary alicyclic amines) is 1. The largest absolute Gasteiger partial charge is 0.412 e. The van der Waals surface area contributed by atoms with Crippen LogP contribution in [-0.4, -0.2) is 161 Å². The Morgan fingerprint density at radius 3 is 2.03 bits per heavy atom. The predicted molar refractivity (Wildman–Crippen MR) is 267 cm³/mol. The number of aliphatic hydroxyl groups excluding tert-OH is 1. The number of sulfonamides is 1. The summed E-state index contributed by atoms with van der Waals surface area (Å²) < 4.78 is 43.8. The molecular weight excluding hydrogens is 923 g/mol. The van der Waals surface area contributed by atoms with Crippen molar-refractivity contribution >= 4 is 51.2 Å². The summed E-state index contributed by atoms with van der Waals surface area (Å²) in [5, 5.41) is 11.5. The van der Waals surface area contributed by atoms with Gasteiger partial charge in [-0.25, -0.2) is 13.2 Å². The molecular formula is C51H85N5O13S. The first-order chi connectivity index (χ1) is 32.8. The number of nitrogens with one attached hydrogen (secondary N) is 2. The van der Waals surface area contributed by atoms with E-state index < -0.39 is 70.7 Å². The Labute approximate surface area is 417 Å². The van der Waals surface area contributed by atoms with Gasteiger partial charge in [-0.15, -0.1) is 0 Å². The molecule has 0 radical (unpaired) electrons. The first-order valence-corrected chi connectivity index (χ1v) is 26.7. The van der Waals surface area contributed by atoms with Crippen LogP contribution >= 0.6 is 0 Å². The van der Waals surface area contributed by atoms with E-state index in [0.29, 0.717) is 57.2 Å². The molecule has 398 valence electrons. The Bertz CT molecular complexity index is 1970. The number of carbonyl (C=O) groups is 7. The number of likely N-dealkylation sites (N-methyl/N-ethyl adjacent to an activating group) is 2. The van der Waals surface area contributed by atoms with Crippen LogP contribution in [0.2, 0.25) is 0 Å². The maximum Gasteiger partial charge on any atom is 0.412 e. The van der Waals surface area contributed by atoms with Crippen LogP contribution in [0.3, 0.4) is 0 Å². The van der Waals surface area contributed by atoms with Gasteiger partial charge in [0.05, 0.1) is 43.0 Å². The minimum absolute atomic E-state index is 0.00408. The van der Waals surface area contributed by atoms with Crippen LogP contribution < -0.4 is 14.8 Å². The van der Waals surface area contributed by atoms with E-state index in [1.54, 1.807) is 35.9 Å². The van der Waals surface area contributed by atoms with Crippen LogP contribution in [0.15, 0.2) is 24.3 Å². The van der Waals surface area contributed by atoms with Crippen LogP contribution in [0.5, 0.6) is 5.75 Å². The summed E-state index contributed by atoms with van der Waals surface area (Å²) in [7, 11) is 4.47. The number of carbonyl (C=O) groups excluding carboxylic acids is 7. The van der Waals surface area contributed by atoms with Crippen molar-refractivity contribution in [2.24, 2.45) is 35.5 Å². The van der Waals surface area contributed by atoms with Crippen molar-refractivity contribution < 1.29 is 61.3 Å². The average molecular weight is 1010 g/mol. The summed E-state index contributed by atoms with van der Waals surface area (Å²) in [6, 6.07) is 4.92. The Hall–Kier alpha value is -4.30. The number of benzene rings is 1. The molecule has 1 saturated heterocycles. The van der Waals surface area contributed by atoms with Gasteiger partial charge in [0.2, 0.25) is 27.7 Å². The fourth-order valence-electron chi connectivity index (χ4n) is 9.77. The first kappa shape index (κ1) is 61.8. The highest BCUT2D eigenvalue weighted by Crippen LogP contribution is 2.32. The van der Waals surface area contributed by atoms with E-state index in [1.807, 2.05) is 65.3 Å². The SMILES string of the molecule is CC[C@H](C)[C@@H]([C@@H](CC(=O)N1CCC[C@H]1[C@H](OC)[C@@H](C)C(=O)C[C@@H](Cc1ccc(OC(=O)NCCCCCC(=O)CO)cc1)C(=O)NS(C)(=O)=O)OC)N(C)C(=O)[C@@H](CC(=O)[C@H](C(C)C)N(C)C)C(C)C. The second kappa shape index (κ2) is 29.9. The Kier molecular flexibility index (Phi) is 26.4. The first-order valence-electron chi connectivity index (χ1n) is 24.8. The van der Waals surface area contributed by atoms with E-state index in [2.05, 4.69) is 5.32 Å². The molecule has 1 aliphatic heterocycles. The number of hydrogen-bond donors (Lipinski definition) is 3. The van der Waals surface area contributed by atoms with Crippen LogP contribution in [0, 0.1) is 35.5 Å². The molecule has 2 rings (SSSR count). The zero-order chi connectivity index (χ0) is 53.0. The molecule has 1 fully saturated rings. The molecule has 1 heterocycles. The lowest BCUT2D eigenvalue weighted by molar-refractivity contribution is -0.149. The van der Waals surface area contributed by atoms with Crippen molar-refractivity contribution in [2.75, 3.05) is 61.3 Å². The van der Waals surface area contributed by atoms with E-state index >= 15 is 0 Å². The highest BCUT2D eigenvalue weighted by atomic mass is 32.2. The highest BCUT2D eigenvalue weighted by molar-refractivity contribution is 7.89. The molecule has 0 aliphatic carbocycles. The molecule has 1 aromatic carbocycles. The molecule has 0 spiro atoms. The second-order valence-electron chi connectivity index (χ2n) is 20.0. The van der Waals surface area contributed by atoms with E-state index in [1.165, 1.54) is 26.4 Å². The lowest BCUT2D eigenvalue weighted by Gasteiger charge is -2.41. The number of rotatable bonds is 32. The van der Waals surface area contributed by atoms with Crippen LogP contribution in [0.1, 0.15) is 118 Å². The summed E-state index contributed by atoms with van der Waals surface area (Å²) in [6.07, 6.45) is 2.42. The van der Waals surface area contributed by atoms with Gasteiger partial charge in [-0.2, -0.15) is 0 Å². The van der Waals surface area contributed by atoms with Gasteiger partial charge >= 0.3 is 6.09 Å². The molecule has 3 N–H and O–H groups in total. The maximum atomic E-state index is 14.4. The topological polar surface area (TPSA) is 235 Å². The van der Waals surface area contributed by atoms with Gasteiger partial charge in [0.1, 0.15) is 18.1 Å². The Balaban J connectivity index is 2.25. The number of methoxy groups -OCH3 is 2. The molecule has 0 aromatic heterocycles. The van der Waals surface area contributed by atoms with Gasteiger partial charge in [0.15, 0.2) is 11.6 Å². The van der Waals surface area contributed by atoms with E-state index in [0.717, 1.165) is 6.26 Å². The lowest BCUT2D eigenvalue weighted by Crippen LogP contribution is -2.54. The zero-order valence-electron chi connectivity index (χ0n) is 44.2. The number of ketones is 3. The van der Waals surface area contributed by atoms with Crippen molar-refractivity contribution in [3.63, 3.8) is 0 Å². The van der Waals surface area contributed by atoms with Gasteiger partial charge in [-0.3, -0.25) is 38.4 Å². The molecule has 1 aromatic rings. The molecule has 19 heteroatoms. The maximum absolute atomic E-state index is 14.4. The van der Waals surface area contributed by atoms with E-state index in [9.17, 15) is 42.0 Å². The minimum Gasteiger partial charge on any atom is -0.410 e. The normalized spacial score (nSPS) is 17.6. The van der Waals surface area contributed by atoms with Crippen molar-refractivity contribution in [1.29, 1.82) is 0 Å². The molecule has 0 unspecified atom stereocenters. The fourth-order valence-corrected chi connectivity index (χ4v) is 10.3. The van der Waals surface area contributed by atoms with Crippen LogP contribution in [0.25, 0.3) is 0 Å². The molecule has 70 heavy (non-hydrogen) atoms. The van der Waals surface area contributed by atoms with Crippen molar-refractivity contribution in [3.8, 4) is 5.75 Å². The number of amides is 4. The minimum atomic E-state index is -3.98. The van der Waals surface area contributed by atoms with Gasteiger partial charge in [0.25, 0.3) is 0 Å². The molecule has 18 nitrogen and oxygen atoms in total. The smallest absolute Gasteiger partial charge is 0.410 e. The van der Waals surface area contributed by atoms with Gasteiger partial charge < -0.3 is 34.4 Å². The Morgan fingerprint density at radius 1 is 0.857 bits per heavy atom. The summed E-state index contributed by atoms with van der Waals surface area (Å²) in [4.78, 5) is 98.9. The quantitative estimate of drug-likeness (QED) is 0.0821. The summed E-state index contributed by atoms with van der Waals surface area (Å²) >= 11 is 0. The van der Waals surface area contributed by atoms with E-state index in [-0.39, 0.29) is 90.8 Å². The predicted octanol–water partition coefficient (Wildman–Crippen LogP) is 4.83. The third-order valence-electron chi connectivity index (χ3n) is 13.7. The van der Waals surface area contributed by atoms with Gasteiger partial charge in [-0.05, 0) is 81.6 Å². The molecule has 0 bridgehead atoms. The number of unbranched alkanes of at least 4 members (excludes halogenated alkanes) is 2. The number of Topliss-reactive ketones (excluding diaryl/α,β-unsaturated/α-hetero) is 3. The zero-order valence-corrected chi connectivity index (χ0v) is 45.0. The van der Waals surface area contributed by atoms with E-state index in [4.69, 9.17) is 19.3 Å². The van der Waals surface area contributed by atoms with Crippen molar-refractivity contribution in [2.45, 2.75) is 149 Å². The number of nitrogens with zero attached hydrogens (tertiary/aromatic N) is 3. The van der Waals surface area contributed by atoms with Crippen LogP contribution in [0.4, 0.5) is 4.79 Å². The molecule has 0 saturated carbocycles. The standard InChI is InChI=1S/C51H85N5O13S/c1-14-34(6)47(55(10)50(63)40(32(2)3)29-43(60)46(33(4)5)54(8)9)44(67-11)30-45(61)56-26-18-20-41(56)48(68-12)35(7)42(59)28-37(49(62)53-70(13,65)66)27-36-21-23-39(24-22-36)69-51(64)52-25-17-15-16-19-38(58)31-57/h21-24,32-35,37,40-41,44,46-48,57H,14-20,25-31H2,1-13H3,(H,52,64)(H,53,62)/t34-,35-,37+,40-,41-,44+,46-,47-,48+/m0/s1. The second-order valence-corrected chi connectivity index (χ2v) is 21.8. The molecule has 1 aliphatic rings. The van der Waals surface area contributed by atoms with Crippen molar-refractivity contribution in [1.82, 2.24) is 24.7 Å².